The zero-order valence-electron chi connectivity index (χ0n) is 22.9. The number of quaternary nitrogens is 1. The molecule has 0 fully saturated rings. The average Bonchev–Trinajstić information content (AvgIpc) is 2.77. The lowest BCUT2D eigenvalue weighted by molar-refractivity contribution is -0.870. The lowest BCUT2D eigenvalue weighted by Gasteiger charge is -2.23. The van der Waals surface area contributed by atoms with Gasteiger partial charge in [-0.2, -0.15) is 0 Å². The maximum absolute atomic E-state index is 10.0. The van der Waals surface area contributed by atoms with Crippen LogP contribution in [0.25, 0.3) is 0 Å². The molecule has 2 rings (SSSR count). The van der Waals surface area contributed by atoms with Crippen LogP contribution in [0.5, 0.6) is 11.5 Å². The minimum atomic E-state index is -0.670. The molecule has 2 aromatic carbocycles. The van der Waals surface area contributed by atoms with Gasteiger partial charge in [-0.1, -0.05) is 29.3 Å². The first-order chi connectivity index (χ1) is 16.9. The predicted molar refractivity (Wildman–Crippen MR) is 152 cm³/mol. The van der Waals surface area contributed by atoms with Crippen LogP contribution in [-0.4, -0.2) is 90.0 Å². The van der Waals surface area contributed by atoms with Crippen molar-refractivity contribution in [2.24, 2.45) is 0 Å². The van der Waals surface area contributed by atoms with Crippen LogP contribution < -0.4 is 16.4 Å². The molecule has 37 heavy (non-hydrogen) atoms. The number of nitrogens with one attached hydrogen (secondary N) is 2. The number of halogens is 2. The summed E-state index contributed by atoms with van der Waals surface area (Å²) in [6, 6.07) is 7.54. The summed E-state index contributed by atoms with van der Waals surface area (Å²) in [4.78, 5) is 0. The SMILES string of the molecule is CC(C)(C)NCC(O)c1cc(Cl)c(N)c(Cl)c1.CNC[C@H](O)c1ccc(O)c(O)c1.C[N+](C)(C)CCO. The normalized spacial score (nSPS) is 13.1. The van der Waals surface area contributed by atoms with E-state index in [2.05, 4.69) is 31.8 Å². The Morgan fingerprint density at radius 2 is 1.41 bits per heavy atom. The van der Waals surface area contributed by atoms with Crippen LogP contribution in [0.4, 0.5) is 5.69 Å². The third-order valence-corrected chi connectivity index (χ3v) is 5.49. The molecule has 0 radical (unpaired) electrons. The molecular weight excluding hydrogens is 519 g/mol. The maximum atomic E-state index is 10.0. The molecule has 0 saturated carbocycles. The van der Waals surface area contributed by atoms with Crippen LogP contribution in [0.1, 0.15) is 44.1 Å². The lowest BCUT2D eigenvalue weighted by Crippen LogP contribution is -2.38. The maximum Gasteiger partial charge on any atom is 0.157 e. The molecule has 2 atom stereocenters. The van der Waals surface area contributed by atoms with Gasteiger partial charge in [0.2, 0.25) is 0 Å². The summed E-state index contributed by atoms with van der Waals surface area (Å²) in [5.41, 5.74) is 7.15. The second kappa shape index (κ2) is 16.2. The zero-order chi connectivity index (χ0) is 29.0. The molecule has 0 bridgehead atoms. The van der Waals surface area contributed by atoms with E-state index in [0.29, 0.717) is 39.9 Å². The smallest absolute Gasteiger partial charge is 0.157 e. The first-order valence-corrected chi connectivity index (χ1v) is 12.6. The number of benzene rings is 2. The number of aliphatic hydroxyl groups excluding tert-OH is 3. The van der Waals surface area contributed by atoms with Crippen molar-refractivity contribution in [2.45, 2.75) is 38.5 Å². The number of phenolic OH excluding ortho intramolecular Hbond substituents is 2. The van der Waals surface area contributed by atoms with E-state index in [0.717, 1.165) is 11.0 Å². The van der Waals surface area contributed by atoms with Crippen molar-refractivity contribution in [1.29, 1.82) is 0 Å². The molecule has 2 aromatic rings. The van der Waals surface area contributed by atoms with E-state index in [1.807, 2.05) is 20.8 Å². The number of aromatic hydroxyl groups is 2. The number of hydrogen-bond donors (Lipinski definition) is 8. The highest BCUT2D eigenvalue weighted by Crippen LogP contribution is 2.31. The molecule has 0 aliphatic heterocycles. The molecule has 1 unspecified atom stereocenters. The fourth-order valence-corrected chi connectivity index (χ4v) is 3.18. The van der Waals surface area contributed by atoms with Crippen molar-refractivity contribution in [3.05, 3.63) is 51.5 Å². The number of aliphatic hydroxyl groups is 3. The van der Waals surface area contributed by atoms with E-state index in [1.165, 1.54) is 12.1 Å². The number of phenols is 2. The van der Waals surface area contributed by atoms with Gasteiger partial charge in [0.05, 0.1) is 55.7 Å². The fourth-order valence-electron chi connectivity index (χ4n) is 2.68. The van der Waals surface area contributed by atoms with Crippen molar-refractivity contribution < 1.29 is 30.0 Å². The minimum Gasteiger partial charge on any atom is -0.504 e. The summed E-state index contributed by atoms with van der Waals surface area (Å²) < 4.78 is 0.844. The Bertz CT molecular complexity index is 927. The van der Waals surface area contributed by atoms with Crippen molar-refractivity contribution in [3.8, 4) is 11.5 Å². The summed E-state index contributed by atoms with van der Waals surface area (Å²) in [5.74, 6) is -0.395. The molecule has 212 valence electrons. The molecule has 9 nitrogen and oxygen atoms in total. The van der Waals surface area contributed by atoms with Crippen LogP contribution in [0, 0.1) is 0 Å². The fraction of sp³-hybridized carbons (Fsp3) is 0.538. The van der Waals surface area contributed by atoms with Gasteiger partial charge in [-0.25, -0.2) is 0 Å². The van der Waals surface area contributed by atoms with Gasteiger partial charge in [0.25, 0.3) is 0 Å². The monoisotopic (exact) mass is 563 g/mol. The first kappa shape index (κ1) is 35.2. The lowest BCUT2D eigenvalue weighted by atomic mass is 10.1. The number of β-amino-alcohol motifs (C(OH)–C–C–N with tert-alkyl or cyclic N) is 1. The second-order valence-electron chi connectivity index (χ2n) is 10.6. The van der Waals surface area contributed by atoms with Crippen LogP contribution in [-0.2, 0) is 0 Å². The van der Waals surface area contributed by atoms with Crippen molar-refractivity contribution in [2.75, 3.05) is 60.2 Å². The van der Waals surface area contributed by atoms with Gasteiger partial charge in [0.1, 0.15) is 6.54 Å². The van der Waals surface area contributed by atoms with E-state index >= 15 is 0 Å². The summed E-state index contributed by atoms with van der Waals surface area (Å²) in [7, 11) is 7.88. The van der Waals surface area contributed by atoms with Gasteiger partial charge in [0, 0.05) is 18.6 Å². The number of hydrogen-bond acceptors (Lipinski definition) is 8. The van der Waals surface area contributed by atoms with E-state index in [-0.39, 0.29) is 23.6 Å². The second-order valence-corrected chi connectivity index (χ2v) is 11.4. The number of nitrogen functional groups attached to an aromatic ring is 1. The number of anilines is 1. The number of rotatable bonds is 8. The molecule has 11 heteroatoms. The third-order valence-electron chi connectivity index (χ3n) is 4.86. The molecule has 0 heterocycles. The Balaban J connectivity index is 0.000000573. The standard InChI is InChI=1S/C12H18Cl2N2O.C9H13NO3.C5H14NO/c1-12(2,3)16-6-10(17)7-4-8(13)11(15)9(14)5-7;1-10-5-9(13)6-2-3-7(11)8(12)4-6;1-6(2,3)4-5-7/h4-5,10,16-17H,6,15H2,1-3H3;2-4,9-13H,5H2,1H3;7H,4-5H2,1-3H3/q;;+1/t;9-;/m.0./s1. The summed E-state index contributed by atoms with van der Waals surface area (Å²) in [6.07, 6.45) is -1.33. The number of likely N-dealkylation sites (N-methyl/N-ethyl adjacent to an activating group) is 2. The van der Waals surface area contributed by atoms with Gasteiger partial charge in [0.15, 0.2) is 11.5 Å². The van der Waals surface area contributed by atoms with Crippen LogP contribution in [0.2, 0.25) is 10.0 Å². The highest BCUT2D eigenvalue weighted by molar-refractivity contribution is 6.38. The molecular formula is C26H45Cl2N4O5+. The molecule has 0 aromatic heterocycles. The Morgan fingerprint density at radius 3 is 1.78 bits per heavy atom. The van der Waals surface area contributed by atoms with E-state index in [4.69, 9.17) is 44.3 Å². The molecule has 0 spiro atoms. The minimum absolute atomic E-state index is 0.0532. The third kappa shape index (κ3) is 15.2. The largest absolute Gasteiger partial charge is 0.504 e. The number of nitrogens with zero attached hydrogens (tertiary/aromatic N) is 1. The van der Waals surface area contributed by atoms with Gasteiger partial charge < -0.3 is 46.4 Å². The van der Waals surface area contributed by atoms with Gasteiger partial charge in [-0.3, -0.25) is 0 Å². The topological polar surface area (TPSA) is 151 Å². The predicted octanol–water partition coefficient (Wildman–Crippen LogP) is 3.03. The molecule has 0 saturated heterocycles. The first-order valence-electron chi connectivity index (χ1n) is 11.8. The number of nitrogens with two attached hydrogens (primary N) is 1. The Kier molecular flexibility index (Phi) is 15.4. The Morgan fingerprint density at radius 1 is 0.892 bits per heavy atom. The van der Waals surface area contributed by atoms with Gasteiger partial charge >= 0.3 is 0 Å². The molecule has 0 amide bonds. The van der Waals surface area contributed by atoms with Crippen LogP contribution in [0.3, 0.4) is 0 Å². The summed E-state index contributed by atoms with van der Waals surface area (Å²) in [6.45, 7) is 8.04. The highest BCUT2D eigenvalue weighted by Gasteiger charge is 2.15. The molecule has 9 N–H and O–H groups in total. The average molecular weight is 565 g/mol. The summed E-state index contributed by atoms with van der Waals surface area (Å²) >= 11 is 11.8. The van der Waals surface area contributed by atoms with E-state index in [9.17, 15) is 10.2 Å². The quantitative estimate of drug-likeness (QED) is 0.139. The zero-order valence-corrected chi connectivity index (χ0v) is 24.4. The van der Waals surface area contributed by atoms with E-state index < -0.39 is 12.2 Å². The molecule has 0 aliphatic carbocycles. The van der Waals surface area contributed by atoms with E-state index in [1.54, 1.807) is 25.2 Å². The van der Waals surface area contributed by atoms with Gasteiger partial charge in [-0.05, 0) is 63.2 Å². The van der Waals surface area contributed by atoms with Crippen LogP contribution in [0.15, 0.2) is 30.3 Å². The van der Waals surface area contributed by atoms with Crippen molar-refractivity contribution in [1.82, 2.24) is 10.6 Å². The van der Waals surface area contributed by atoms with Crippen LogP contribution >= 0.6 is 23.2 Å². The molecule has 0 aliphatic rings. The van der Waals surface area contributed by atoms with Gasteiger partial charge in [-0.15, -0.1) is 0 Å². The Labute approximate surface area is 231 Å². The van der Waals surface area contributed by atoms with Crippen molar-refractivity contribution >= 4 is 28.9 Å². The Hall–Kier alpha value is -1.82. The highest BCUT2D eigenvalue weighted by atomic mass is 35.5. The summed E-state index contributed by atoms with van der Waals surface area (Å²) in [5, 5.41) is 52.8. The van der Waals surface area contributed by atoms with Crippen molar-refractivity contribution in [3.63, 3.8) is 0 Å².